The highest BCUT2D eigenvalue weighted by Crippen LogP contribution is 2.28. The molecule has 0 aliphatic carbocycles. The van der Waals surface area contributed by atoms with E-state index in [2.05, 4.69) is 10.3 Å². The van der Waals surface area contributed by atoms with Gasteiger partial charge in [0, 0.05) is 56.5 Å². The smallest absolute Gasteiger partial charge is 0.275 e. The topological polar surface area (TPSA) is 124 Å². The average molecular weight is 419 g/mol. The number of rotatable bonds is 4. The highest BCUT2D eigenvalue weighted by molar-refractivity contribution is 7.17. The molecule has 0 saturated carbocycles. The van der Waals surface area contributed by atoms with Crippen LogP contribution in [0.1, 0.15) is 40.2 Å². The first-order valence-electron chi connectivity index (χ1n) is 9.44. The van der Waals surface area contributed by atoms with Gasteiger partial charge in [-0.3, -0.25) is 23.6 Å². The summed E-state index contributed by atoms with van der Waals surface area (Å²) in [5, 5.41) is 12.3. The van der Waals surface area contributed by atoms with E-state index in [4.69, 9.17) is 0 Å². The van der Waals surface area contributed by atoms with Crippen molar-refractivity contribution in [2.75, 3.05) is 26.7 Å². The van der Waals surface area contributed by atoms with Gasteiger partial charge in [-0.25, -0.2) is 0 Å². The van der Waals surface area contributed by atoms with Gasteiger partial charge < -0.3 is 20.2 Å². The molecule has 29 heavy (non-hydrogen) atoms. The molecule has 2 aromatic heterocycles. The van der Waals surface area contributed by atoms with Gasteiger partial charge >= 0.3 is 0 Å². The molecule has 2 aliphatic rings. The van der Waals surface area contributed by atoms with E-state index in [0.717, 1.165) is 11.3 Å². The standard InChI is InChI=1S/C18H21N5O5S/c1-19-15(26)14-16(27)20-18-23(17(14)28)10-4-7-22(9-11(10)29-18)13(25)5-8-21-6-2-3-12(21)24/h27H,2-9H2,1H3,(H,19,26). The zero-order chi connectivity index (χ0) is 20.7. The van der Waals surface area contributed by atoms with Crippen LogP contribution >= 0.6 is 11.3 Å². The highest BCUT2D eigenvalue weighted by atomic mass is 32.1. The van der Waals surface area contributed by atoms with Gasteiger partial charge in [0.2, 0.25) is 22.7 Å². The largest absolute Gasteiger partial charge is 0.492 e. The third-order valence-corrected chi connectivity index (χ3v) is 6.43. The lowest BCUT2D eigenvalue weighted by molar-refractivity contribution is -0.133. The average Bonchev–Trinajstić information content (AvgIpc) is 3.27. The minimum atomic E-state index is -0.696. The van der Waals surface area contributed by atoms with Crippen molar-refractivity contribution >= 4 is 34.0 Å². The number of likely N-dealkylation sites (tertiary alicyclic amines) is 1. The Hall–Kier alpha value is -2.95. The molecule has 10 nitrogen and oxygen atoms in total. The Morgan fingerprint density at radius 3 is 2.72 bits per heavy atom. The van der Waals surface area contributed by atoms with Crippen LogP contribution in [-0.2, 0) is 22.6 Å². The van der Waals surface area contributed by atoms with Crippen molar-refractivity contribution in [2.45, 2.75) is 32.2 Å². The van der Waals surface area contributed by atoms with E-state index >= 15 is 0 Å². The van der Waals surface area contributed by atoms with Crippen LogP contribution in [-0.4, -0.2) is 68.7 Å². The fraction of sp³-hybridized carbons (Fsp3) is 0.500. The SMILES string of the molecule is CNC(=O)c1c(O)nc2sc3c(n2c1=O)CCN(C(=O)CCN1CCCC1=O)C3. The molecule has 0 radical (unpaired) electrons. The number of nitrogens with one attached hydrogen (secondary N) is 1. The van der Waals surface area contributed by atoms with E-state index in [0.29, 0.717) is 49.7 Å². The van der Waals surface area contributed by atoms with Gasteiger partial charge in [-0.1, -0.05) is 11.3 Å². The predicted octanol–water partition coefficient (Wildman–Crippen LogP) is -0.282. The van der Waals surface area contributed by atoms with Crippen LogP contribution in [0.3, 0.4) is 0 Å². The maximum atomic E-state index is 12.8. The molecule has 0 spiro atoms. The summed E-state index contributed by atoms with van der Waals surface area (Å²) in [7, 11) is 1.37. The number of carbonyl (C=O) groups is 3. The van der Waals surface area contributed by atoms with Crippen LogP contribution in [0.5, 0.6) is 5.88 Å². The molecule has 1 fully saturated rings. The molecule has 4 heterocycles. The fourth-order valence-corrected chi connectivity index (χ4v) is 4.99. The van der Waals surface area contributed by atoms with Gasteiger partial charge in [0.05, 0.1) is 6.54 Å². The maximum absolute atomic E-state index is 12.8. The first-order chi connectivity index (χ1) is 13.9. The van der Waals surface area contributed by atoms with Gasteiger partial charge in [0.1, 0.15) is 0 Å². The van der Waals surface area contributed by atoms with Crippen LogP contribution in [0.15, 0.2) is 4.79 Å². The van der Waals surface area contributed by atoms with E-state index in [1.807, 2.05) is 0 Å². The van der Waals surface area contributed by atoms with E-state index < -0.39 is 17.3 Å². The second kappa shape index (κ2) is 7.47. The van der Waals surface area contributed by atoms with Crippen molar-refractivity contribution in [1.82, 2.24) is 24.5 Å². The first kappa shape index (κ1) is 19.4. The molecule has 4 rings (SSSR count). The third-order valence-electron chi connectivity index (χ3n) is 5.37. The van der Waals surface area contributed by atoms with Crippen molar-refractivity contribution in [3.63, 3.8) is 0 Å². The predicted molar refractivity (Wildman–Crippen MR) is 104 cm³/mol. The summed E-state index contributed by atoms with van der Waals surface area (Å²) in [6, 6.07) is 0. The number of aromatic hydroxyl groups is 1. The first-order valence-corrected chi connectivity index (χ1v) is 10.3. The number of carbonyl (C=O) groups excluding carboxylic acids is 3. The Bertz CT molecular complexity index is 1070. The van der Waals surface area contributed by atoms with Crippen molar-refractivity contribution in [3.8, 4) is 5.88 Å². The van der Waals surface area contributed by atoms with E-state index in [1.54, 1.807) is 9.80 Å². The molecule has 0 aromatic carbocycles. The number of fused-ring (bicyclic) bond motifs is 3. The Labute approximate surface area is 169 Å². The Morgan fingerprint density at radius 2 is 2.03 bits per heavy atom. The summed E-state index contributed by atoms with van der Waals surface area (Å²) in [5.41, 5.74) is -0.289. The second-order valence-corrected chi connectivity index (χ2v) is 8.15. The Morgan fingerprint density at radius 1 is 1.24 bits per heavy atom. The zero-order valence-electron chi connectivity index (χ0n) is 15.9. The summed E-state index contributed by atoms with van der Waals surface area (Å²) in [5.74, 6) is -1.24. The number of aromatic nitrogens is 2. The maximum Gasteiger partial charge on any atom is 0.275 e. The number of hydrogen-bond acceptors (Lipinski definition) is 7. The Kier molecular flexibility index (Phi) is 4.99. The molecule has 2 aromatic rings. The van der Waals surface area contributed by atoms with E-state index in [9.17, 15) is 24.3 Å². The van der Waals surface area contributed by atoms with Crippen LogP contribution in [0.4, 0.5) is 0 Å². The van der Waals surface area contributed by atoms with Crippen molar-refractivity contribution in [2.24, 2.45) is 0 Å². The normalized spacial score (nSPS) is 16.4. The molecule has 2 aliphatic heterocycles. The quantitative estimate of drug-likeness (QED) is 0.702. The van der Waals surface area contributed by atoms with Crippen LogP contribution < -0.4 is 10.9 Å². The minimum absolute atomic E-state index is 0.0398. The van der Waals surface area contributed by atoms with Gasteiger partial charge in [0.15, 0.2) is 5.56 Å². The highest BCUT2D eigenvalue weighted by Gasteiger charge is 2.29. The van der Waals surface area contributed by atoms with Gasteiger partial charge in [-0.05, 0) is 6.42 Å². The van der Waals surface area contributed by atoms with Crippen molar-refractivity contribution in [1.29, 1.82) is 0 Å². The van der Waals surface area contributed by atoms with E-state index in [1.165, 1.54) is 22.8 Å². The molecular formula is C18H21N5O5S. The second-order valence-electron chi connectivity index (χ2n) is 7.08. The van der Waals surface area contributed by atoms with Gasteiger partial charge in [-0.15, -0.1) is 0 Å². The fourth-order valence-electron chi connectivity index (χ4n) is 3.82. The lowest BCUT2D eigenvalue weighted by Gasteiger charge is -2.27. The minimum Gasteiger partial charge on any atom is -0.492 e. The summed E-state index contributed by atoms with van der Waals surface area (Å²) in [6.07, 6.45) is 2.11. The number of nitrogens with zero attached hydrogens (tertiary/aromatic N) is 4. The summed E-state index contributed by atoms with van der Waals surface area (Å²) in [6.45, 7) is 1.91. The van der Waals surface area contributed by atoms with Crippen LogP contribution in [0.2, 0.25) is 0 Å². The van der Waals surface area contributed by atoms with Gasteiger partial charge in [0.25, 0.3) is 11.5 Å². The summed E-state index contributed by atoms with van der Waals surface area (Å²) >= 11 is 1.22. The molecule has 1 saturated heterocycles. The van der Waals surface area contributed by atoms with Crippen LogP contribution in [0.25, 0.3) is 4.96 Å². The van der Waals surface area contributed by atoms with E-state index in [-0.39, 0.29) is 23.8 Å². The van der Waals surface area contributed by atoms with Crippen LogP contribution in [0, 0.1) is 0 Å². The monoisotopic (exact) mass is 419 g/mol. The molecule has 2 N–H and O–H groups in total. The lowest BCUT2D eigenvalue weighted by Crippen LogP contribution is -2.39. The van der Waals surface area contributed by atoms with Gasteiger partial charge in [-0.2, -0.15) is 4.98 Å². The van der Waals surface area contributed by atoms with Crippen molar-refractivity contribution in [3.05, 3.63) is 26.5 Å². The number of amides is 3. The molecule has 0 bridgehead atoms. The Balaban J connectivity index is 1.56. The molecule has 154 valence electrons. The third kappa shape index (κ3) is 3.35. The summed E-state index contributed by atoms with van der Waals surface area (Å²) < 4.78 is 1.36. The molecule has 0 unspecified atom stereocenters. The number of thiazole rings is 1. The number of hydrogen-bond donors (Lipinski definition) is 2. The van der Waals surface area contributed by atoms with Crippen molar-refractivity contribution < 1.29 is 19.5 Å². The lowest BCUT2D eigenvalue weighted by atomic mass is 10.1. The molecule has 11 heteroatoms. The zero-order valence-corrected chi connectivity index (χ0v) is 16.8. The molecule has 0 atom stereocenters. The summed E-state index contributed by atoms with van der Waals surface area (Å²) in [4.78, 5) is 57.5. The molecule has 3 amide bonds. The molecular weight excluding hydrogens is 398 g/mol.